The lowest BCUT2D eigenvalue weighted by Crippen LogP contribution is -2.40. The third kappa shape index (κ3) is 3.17. The third-order valence-corrected chi connectivity index (χ3v) is 2.92. The second-order valence-electron chi connectivity index (χ2n) is 4.63. The molecule has 110 valence electrons. The molecule has 1 aromatic carbocycles. The maximum Gasteiger partial charge on any atom is 0.406 e. The molecular weight excluding hydrogens is 283 g/mol. The highest BCUT2D eigenvalue weighted by Gasteiger charge is 2.41. The summed E-state index contributed by atoms with van der Waals surface area (Å²) in [5.41, 5.74) is 3.80. The van der Waals surface area contributed by atoms with Crippen molar-refractivity contribution in [1.29, 1.82) is 0 Å². The van der Waals surface area contributed by atoms with Crippen molar-refractivity contribution in [2.75, 3.05) is 12.3 Å². The summed E-state index contributed by atoms with van der Waals surface area (Å²) >= 11 is 0. The molecule has 0 saturated heterocycles. The molecule has 0 unspecified atom stereocenters. The van der Waals surface area contributed by atoms with Crippen LogP contribution in [-0.2, 0) is 0 Å². The van der Waals surface area contributed by atoms with Crippen molar-refractivity contribution in [1.82, 2.24) is 4.90 Å². The molecule has 0 radical (unpaired) electrons. The van der Waals surface area contributed by atoms with Crippen molar-refractivity contribution >= 4 is 11.6 Å². The molecule has 20 heavy (non-hydrogen) atoms. The SMILES string of the molecule is Nc1c(F)cc(C(=O)N(CC(F)(F)F)C2CC2)cc1F. The zero-order chi connectivity index (χ0) is 15.1. The largest absolute Gasteiger partial charge is 0.406 e. The van der Waals surface area contributed by atoms with Gasteiger partial charge in [0.05, 0.1) is 0 Å². The van der Waals surface area contributed by atoms with Gasteiger partial charge in [-0.2, -0.15) is 13.2 Å². The highest BCUT2D eigenvalue weighted by Crippen LogP contribution is 2.32. The molecule has 3 nitrogen and oxygen atoms in total. The lowest BCUT2D eigenvalue weighted by molar-refractivity contribution is -0.141. The number of carbonyl (C=O) groups is 1. The van der Waals surface area contributed by atoms with Crippen molar-refractivity contribution in [3.05, 3.63) is 29.3 Å². The molecule has 1 amide bonds. The van der Waals surface area contributed by atoms with E-state index in [1.807, 2.05) is 0 Å². The Morgan fingerprint density at radius 2 is 1.75 bits per heavy atom. The molecule has 0 aliphatic heterocycles. The molecule has 1 fully saturated rings. The van der Waals surface area contributed by atoms with E-state index in [9.17, 15) is 26.7 Å². The van der Waals surface area contributed by atoms with E-state index in [0.29, 0.717) is 29.9 Å². The van der Waals surface area contributed by atoms with E-state index in [4.69, 9.17) is 5.73 Å². The minimum atomic E-state index is -4.57. The molecule has 0 atom stereocenters. The summed E-state index contributed by atoms with van der Waals surface area (Å²) in [7, 11) is 0. The minimum Gasteiger partial charge on any atom is -0.394 e. The van der Waals surface area contributed by atoms with Crippen LogP contribution in [0.25, 0.3) is 0 Å². The first kappa shape index (κ1) is 14.5. The van der Waals surface area contributed by atoms with Gasteiger partial charge in [0.25, 0.3) is 5.91 Å². The fourth-order valence-electron chi connectivity index (χ4n) is 1.82. The van der Waals surface area contributed by atoms with E-state index in [1.54, 1.807) is 0 Å². The van der Waals surface area contributed by atoms with E-state index in [1.165, 1.54) is 0 Å². The Balaban J connectivity index is 2.28. The number of nitrogens with zero attached hydrogens (tertiary/aromatic N) is 1. The zero-order valence-corrected chi connectivity index (χ0v) is 10.2. The quantitative estimate of drug-likeness (QED) is 0.688. The van der Waals surface area contributed by atoms with Crippen molar-refractivity contribution in [3.8, 4) is 0 Å². The Morgan fingerprint density at radius 1 is 1.25 bits per heavy atom. The van der Waals surface area contributed by atoms with Crippen LogP contribution >= 0.6 is 0 Å². The summed E-state index contributed by atoms with van der Waals surface area (Å²) in [5.74, 6) is -3.39. The number of anilines is 1. The average Bonchev–Trinajstić information content (AvgIpc) is 3.14. The van der Waals surface area contributed by atoms with Crippen LogP contribution in [0.15, 0.2) is 12.1 Å². The third-order valence-electron chi connectivity index (χ3n) is 2.92. The molecule has 1 aliphatic rings. The molecule has 0 bridgehead atoms. The van der Waals surface area contributed by atoms with Gasteiger partial charge in [0, 0.05) is 11.6 Å². The molecule has 1 saturated carbocycles. The molecule has 0 spiro atoms. The first-order chi connectivity index (χ1) is 9.19. The van der Waals surface area contributed by atoms with Crippen LogP contribution in [0.3, 0.4) is 0 Å². The van der Waals surface area contributed by atoms with E-state index in [0.717, 1.165) is 0 Å². The van der Waals surface area contributed by atoms with Gasteiger partial charge in [0.2, 0.25) is 0 Å². The number of hydrogen-bond donors (Lipinski definition) is 1. The first-order valence-electron chi connectivity index (χ1n) is 5.81. The van der Waals surface area contributed by atoms with Gasteiger partial charge in [-0.25, -0.2) is 8.78 Å². The molecule has 8 heteroatoms. The maximum atomic E-state index is 13.3. The number of nitrogens with two attached hydrogens (primary N) is 1. The normalized spacial score (nSPS) is 15.2. The summed E-state index contributed by atoms with van der Waals surface area (Å²) in [6.45, 7) is -1.44. The van der Waals surface area contributed by atoms with Gasteiger partial charge in [0.1, 0.15) is 23.9 Å². The Kier molecular flexibility index (Phi) is 3.58. The van der Waals surface area contributed by atoms with Crippen LogP contribution in [0.1, 0.15) is 23.2 Å². The van der Waals surface area contributed by atoms with E-state index in [2.05, 4.69) is 0 Å². The zero-order valence-electron chi connectivity index (χ0n) is 10.2. The Hall–Kier alpha value is -1.86. The Bertz CT molecular complexity index is 516. The highest BCUT2D eigenvalue weighted by molar-refractivity contribution is 5.95. The van der Waals surface area contributed by atoms with Crippen molar-refractivity contribution in [2.45, 2.75) is 25.1 Å². The molecule has 1 aromatic rings. The summed E-state index contributed by atoms with van der Waals surface area (Å²) in [6, 6.07) is 0.756. The van der Waals surface area contributed by atoms with Crippen molar-refractivity contribution in [3.63, 3.8) is 0 Å². The van der Waals surface area contributed by atoms with Crippen LogP contribution < -0.4 is 5.73 Å². The summed E-state index contributed by atoms with van der Waals surface area (Å²) < 4.78 is 63.8. The van der Waals surface area contributed by atoms with Crippen LogP contribution in [0.4, 0.5) is 27.6 Å². The van der Waals surface area contributed by atoms with Crippen molar-refractivity contribution < 1.29 is 26.7 Å². The Morgan fingerprint density at radius 3 is 2.15 bits per heavy atom. The summed E-state index contributed by atoms with van der Waals surface area (Å²) in [4.78, 5) is 12.6. The molecule has 2 rings (SSSR count). The fraction of sp³-hybridized carbons (Fsp3) is 0.417. The number of nitrogen functional groups attached to an aromatic ring is 1. The lowest BCUT2D eigenvalue weighted by atomic mass is 10.1. The standard InChI is InChI=1S/C12H11F5N2O/c13-8-3-6(4-9(14)10(8)18)11(20)19(7-1-2-7)5-12(15,16)17/h3-4,7H,1-2,5,18H2. The number of hydrogen-bond acceptors (Lipinski definition) is 2. The smallest absolute Gasteiger partial charge is 0.394 e. The topological polar surface area (TPSA) is 46.3 Å². The van der Waals surface area contributed by atoms with Gasteiger partial charge in [-0.05, 0) is 25.0 Å². The Labute approximate surface area is 111 Å². The molecule has 2 N–H and O–H groups in total. The molecule has 0 heterocycles. The van der Waals surface area contributed by atoms with Crippen molar-refractivity contribution in [2.24, 2.45) is 0 Å². The van der Waals surface area contributed by atoms with Gasteiger partial charge < -0.3 is 10.6 Å². The number of carbonyl (C=O) groups excluding carboxylic acids is 1. The monoisotopic (exact) mass is 294 g/mol. The van der Waals surface area contributed by atoms with E-state index < -0.39 is 47.6 Å². The second-order valence-corrected chi connectivity index (χ2v) is 4.63. The number of benzene rings is 1. The van der Waals surface area contributed by atoms with Gasteiger partial charge >= 0.3 is 6.18 Å². The molecule has 1 aliphatic carbocycles. The lowest BCUT2D eigenvalue weighted by Gasteiger charge is -2.24. The van der Waals surface area contributed by atoms with E-state index >= 15 is 0 Å². The summed E-state index contributed by atoms with van der Waals surface area (Å²) in [6.07, 6.45) is -3.67. The predicted molar refractivity (Wildman–Crippen MR) is 60.9 cm³/mol. The minimum absolute atomic E-state index is 0.446. The highest BCUT2D eigenvalue weighted by atomic mass is 19.4. The van der Waals surface area contributed by atoms with E-state index in [-0.39, 0.29) is 0 Å². The second kappa shape index (κ2) is 4.92. The number of alkyl halides is 3. The van der Waals surface area contributed by atoms with Gasteiger partial charge in [-0.1, -0.05) is 0 Å². The van der Waals surface area contributed by atoms with Crippen LogP contribution in [0.2, 0.25) is 0 Å². The first-order valence-corrected chi connectivity index (χ1v) is 5.81. The van der Waals surface area contributed by atoms with Gasteiger partial charge in [-0.3, -0.25) is 4.79 Å². The number of rotatable bonds is 3. The number of halogens is 5. The summed E-state index contributed by atoms with van der Waals surface area (Å²) in [5, 5.41) is 0. The fourth-order valence-corrected chi connectivity index (χ4v) is 1.82. The van der Waals surface area contributed by atoms with Crippen LogP contribution in [-0.4, -0.2) is 29.6 Å². The molecule has 0 aromatic heterocycles. The predicted octanol–water partition coefficient (Wildman–Crippen LogP) is 2.71. The maximum absolute atomic E-state index is 13.3. The molecular formula is C12H11F5N2O. The van der Waals surface area contributed by atoms with Gasteiger partial charge in [0.15, 0.2) is 0 Å². The van der Waals surface area contributed by atoms with Crippen LogP contribution in [0, 0.1) is 11.6 Å². The number of amides is 1. The average molecular weight is 294 g/mol. The van der Waals surface area contributed by atoms with Crippen LogP contribution in [0.5, 0.6) is 0 Å². The van der Waals surface area contributed by atoms with Gasteiger partial charge in [-0.15, -0.1) is 0 Å².